The molecular formula is C15H27NO. The van der Waals surface area contributed by atoms with E-state index in [9.17, 15) is 0 Å². The highest BCUT2D eigenvalue weighted by Crippen LogP contribution is 2.58. The van der Waals surface area contributed by atoms with Crippen LogP contribution in [-0.2, 0) is 4.74 Å². The highest BCUT2D eigenvalue weighted by atomic mass is 16.5. The maximum absolute atomic E-state index is 6.61. The van der Waals surface area contributed by atoms with E-state index in [1.54, 1.807) is 0 Å². The van der Waals surface area contributed by atoms with Gasteiger partial charge in [0.15, 0.2) is 0 Å². The third kappa shape index (κ3) is 2.04. The molecule has 4 saturated carbocycles. The summed E-state index contributed by atoms with van der Waals surface area (Å²) in [5.41, 5.74) is 6.04. The Morgan fingerprint density at radius 1 is 1.12 bits per heavy atom. The van der Waals surface area contributed by atoms with E-state index < -0.39 is 0 Å². The normalized spacial score (nSPS) is 47.1. The van der Waals surface area contributed by atoms with Gasteiger partial charge >= 0.3 is 0 Å². The van der Waals surface area contributed by atoms with Gasteiger partial charge in [-0.25, -0.2) is 0 Å². The Hall–Kier alpha value is -0.0800. The van der Waals surface area contributed by atoms with E-state index >= 15 is 0 Å². The zero-order valence-corrected chi connectivity index (χ0v) is 11.4. The highest BCUT2D eigenvalue weighted by molar-refractivity contribution is 5.04. The van der Waals surface area contributed by atoms with Gasteiger partial charge in [-0.15, -0.1) is 0 Å². The fourth-order valence-corrected chi connectivity index (χ4v) is 4.94. The Bertz CT molecular complexity index is 260. The molecule has 0 aliphatic heterocycles. The molecule has 17 heavy (non-hydrogen) atoms. The van der Waals surface area contributed by atoms with Crippen LogP contribution in [0.15, 0.2) is 0 Å². The highest BCUT2D eigenvalue weighted by Gasteiger charge is 2.53. The zero-order chi connectivity index (χ0) is 12.1. The van der Waals surface area contributed by atoms with Crippen molar-refractivity contribution in [2.45, 2.75) is 70.0 Å². The summed E-state index contributed by atoms with van der Waals surface area (Å²) in [7, 11) is 0. The SMILES string of the molecule is CCC(C)(CN)OC12CC3CC(CC(C3)C1)C2. The molecule has 4 aliphatic carbocycles. The molecule has 0 heterocycles. The first kappa shape index (κ1) is 12.0. The summed E-state index contributed by atoms with van der Waals surface area (Å²) in [6.07, 6.45) is 9.42. The van der Waals surface area contributed by atoms with Gasteiger partial charge in [-0.2, -0.15) is 0 Å². The van der Waals surface area contributed by atoms with Crippen LogP contribution in [0.3, 0.4) is 0 Å². The van der Waals surface area contributed by atoms with Crippen molar-refractivity contribution < 1.29 is 4.74 Å². The lowest BCUT2D eigenvalue weighted by molar-refractivity contribution is -0.218. The molecule has 2 N–H and O–H groups in total. The Kier molecular flexibility index (Phi) is 2.79. The van der Waals surface area contributed by atoms with E-state index in [4.69, 9.17) is 10.5 Å². The van der Waals surface area contributed by atoms with Gasteiger partial charge in [0.2, 0.25) is 0 Å². The fourth-order valence-electron chi connectivity index (χ4n) is 4.94. The summed E-state index contributed by atoms with van der Waals surface area (Å²) in [6.45, 7) is 5.06. The largest absolute Gasteiger partial charge is 0.368 e. The first-order valence-electron chi connectivity index (χ1n) is 7.47. The molecule has 4 aliphatic rings. The van der Waals surface area contributed by atoms with Gasteiger partial charge in [0.1, 0.15) is 0 Å². The van der Waals surface area contributed by atoms with E-state index in [0.717, 1.165) is 24.2 Å². The second-order valence-corrected chi connectivity index (χ2v) is 7.21. The number of hydrogen-bond donors (Lipinski definition) is 1. The van der Waals surface area contributed by atoms with Crippen molar-refractivity contribution in [2.24, 2.45) is 23.5 Å². The molecule has 98 valence electrons. The molecule has 4 bridgehead atoms. The summed E-state index contributed by atoms with van der Waals surface area (Å²) in [5.74, 6) is 2.88. The molecule has 0 aromatic carbocycles. The number of nitrogens with two attached hydrogens (primary N) is 1. The predicted octanol–water partition coefficient (Wildman–Crippen LogP) is 3.10. The Balaban J connectivity index is 1.78. The Morgan fingerprint density at radius 2 is 1.59 bits per heavy atom. The third-order valence-electron chi connectivity index (χ3n) is 5.62. The van der Waals surface area contributed by atoms with Crippen LogP contribution in [-0.4, -0.2) is 17.7 Å². The minimum atomic E-state index is -0.0916. The van der Waals surface area contributed by atoms with E-state index in [1.165, 1.54) is 38.5 Å². The van der Waals surface area contributed by atoms with Gasteiger partial charge in [-0.05, 0) is 69.6 Å². The van der Waals surface area contributed by atoms with Crippen LogP contribution in [0.4, 0.5) is 0 Å². The first-order valence-corrected chi connectivity index (χ1v) is 7.47. The third-order valence-corrected chi connectivity index (χ3v) is 5.62. The van der Waals surface area contributed by atoms with Gasteiger partial charge in [0, 0.05) is 6.54 Å². The maximum atomic E-state index is 6.61. The molecular weight excluding hydrogens is 210 g/mol. The van der Waals surface area contributed by atoms with Gasteiger partial charge < -0.3 is 10.5 Å². The van der Waals surface area contributed by atoms with E-state index in [1.807, 2.05) is 0 Å². The molecule has 0 radical (unpaired) electrons. The first-order chi connectivity index (χ1) is 8.06. The molecule has 1 atom stereocenters. The second kappa shape index (κ2) is 3.96. The van der Waals surface area contributed by atoms with Crippen molar-refractivity contribution in [2.75, 3.05) is 6.54 Å². The van der Waals surface area contributed by atoms with Crippen molar-refractivity contribution in [1.82, 2.24) is 0 Å². The van der Waals surface area contributed by atoms with Crippen LogP contribution in [0.25, 0.3) is 0 Å². The van der Waals surface area contributed by atoms with E-state index in [0.29, 0.717) is 6.54 Å². The summed E-state index contributed by atoms with van der Waals surface area (Å²) < 4.78 is 6.61. The van der Waals surface area contributed by atoms with Crippen molar-refractivity contribution >= 4 is 0 Å². The number of hydrogen-bond acceptors (Lipinski definition) is 2. The predicted molar refractivity (Wildman–Crippen MR) is 69.7 cm³/mol. The van der Waals surface area contributed by atoms with Gasteiger partial charge in [-0.3, -0.25) is 0 Å². The second-order valence-electron chi connectivity index (χ2n) is 7.21. The average Bonchev–Trinajstić information content (AvgIpc) is 2.26. The molecule has 4 fully saturated rings. The van der Waals surface area contributed by atoms with E-state index in [-0.39, 0.29) is 11.2 Å². The monoisotopic (exact) mass is 237 g/mol. The summed E-state index contributed by atoms with van der Waals surface area (Å²) in [4.78, 5) is 0. The summed E-state index contributed by atoms with van der Waals surface area (Å²) in [6, 6.07) is 0. The quantitative estimate of drug-likeness (QED) is 0.815. The molecule has 1 unspecified atom stereocenters. The van der Waals surface area contributed by atoms with Crippen LogP contribution in [0.5, 0.6) is 0 Å². The molecule has 0 amide bonds. The summed E-state index contributed by atoms with van der Waals surface area (Å²) >= 11 is 0. The molecule has 2 nitrogen and oxygen atoms in total. The van der Waals surface area contributed by atoms with Crippen LogP contribution < -0.4 is 5.73 Å². The minimum Gasteiger partial charge on any atom is -0.368 e. The smallest absolute Gasteiger partial charge is 0.0781 e. The number of rotatable bonds is 4. The van der Waals surface area contributed by atoms with Gasteiger partial charge in [0.25, 0.3) is 0 Å². The lowest BCUT2D eigenvalue weighted by Crippen LogP contribution is -2.56. The fraction of sp³-hybridized carbons (Fsp3) is 1.00. The van der Waals surface area contributed by atoms with Gasteiger partial charge in [-0.1, -0.05) is 6.92 Å². The Morgan fingerprint density at radius 3 is 1.94 bits per heavy atom. The molecule has 0 saturated heterocycles. The van der Waals surface area contributed by atoms with E-state index in [2.05, 4.69) is 13.8 Å². The Labute approximate surface area is 105 Å². The van der Waals surface area contributed by atoms with Crippen LogP contribution in [0.2, 0.25) is 0 Å². The molecule has 0 aromatic rings. The van der Waals surface area contributed by atoms with Crippen molar-refractivity contribution in [3.63, 3.8) is 0 Å². The molecule has 2 heteroatoms. The van der Waals surface area contributed by atoms with Crippen molar-refractivity contribution in [1.29, 1.82) is 0 Å². The molecule has 0 spiro atoms. The topological polar surface area (TPSA) is 35.2 Å². The van der Waals surface area contributed by atoms with Crippen molar-refractivity contribution in [3.05, 3.63) is 0 Å². The molecule has 0 aromatic heterocycles. The van der Waals surface area contributed by atoms with Crippen LogP contribution in [0, 0.1) is 17.8 Å². The standard InChI is InChI=1S/C15H27NO/c1-3-14(2,10-16)17-15-7-11-4-12(8-15)6-13(5-11)9-15/h11-13H,3-10,16H2,1-2H3. The number of ether oxygens (including phenoxy) is 1. The lowest BCUT2D eigenvalue weighted by Gasteiger charge is -2.58. The van der Waals surface area contributed by atoms with Crippen LogP contribution >= 0.6 is 0 Å². The van der Waals surface area contributed by atoms with Crippen LogP contribution in [0.1, 0.15) is 58.8 Å². The zero-order valence-electron chi connectivity index (χ0n) is 11.4. The average molecular weight is 237 g/mol. The summed E-state index contributed by atoms with van der Waals surface area (Å²) in [5, 5.41) is 0. The minimum absolute atomic E-state index is 0.0916. The lowest BCUT2D eigenvalue weighted by atomic mass is 9.54. The van der Waals surface area contributed by atoms with Gasteiger partial charge in [0.05, 0.1) is 11.2 Å². The molecule has 4 rings (SSSR count). The van der Waals surface area contributed by atoms with Crippen molar-refractivity contribution in [3.8, 4) is 0 Å². The maximum Gasteiger partial charge on any atom is 0.0781 e.